The second-order valence-corrected chi connectivity index (χ2v) is 1.98. The van der Waals surface area contributed by atoms with Gasteiger partial charge in [-0.15, -0.1) is 0 Å². The van der Waals surface area contributed by atoms with E-state index in [1.807, 2.05) is 0 Å². The number of amides is 1. The molecule has 0 aromatic heterocycles. The first-order valence-corrected chi connectivity index (χ1v) is 3.35. The van der Waals surface area contributed by atoms with Gasteiger partial charge in [-0.2, -0.15) is 0 Å². The van der Waals surface area contributed by atoms with Crippen LogP contribution in [0.3, 0.4) is 0 Å². The molecular formula is C6H8F2N2O4. The van der Waals surface area contributed by atoms with Crippen molar-refractivity contribution >= 4 is 17.6 Å². The number of primary amides is 1. The molecule has 0 bridgehead atoms. The van der Waals surface area contributed by atoms with E-state index < -0.39 is 30.6 Å². The number of alkyl halides is 2. The van der Waals surface area contributed by atoms with E-state index in [1.165, 1.54) is 0 Å². The Morgan fingerprint density at radius 1 is 1.50 bits per heavy atom. The standard InChI is InChI=1S/C6H8F2N2O4/c1-13-6(12)4(5(9)11)10-14-2-3(7)8/h3H,2H2,1H3,(H2,9,11)/b10-4-. The number of carbonyl (C=O) groups excluding carboxylic acids is 2. The summed E-state index contributed by atoms with van der Waals surface area (Å²) in [7, 11) is 0.980. The molecule has 8 heteroatoms. The molecule has 0 aromatic carbocycles. The lowest BCUT2D eigenvalue weighted by Crippen LogP contribution is -2.32. The van der Waals surface area contributed by atoms with Crippen molar-refractivity contribution in [2.45, 2.75) is 6.43 Å². The maximum atomic E-state index is 11.5. The number of methoxy groups -OCH3 is 1. The Morgan fingerprint density at radius 3 is 2.43 bits per heavy atom. The molecule has 0 atom stereocenters. The lowest BCUT2D eigenvalue weighted by Gasteiger charge is -2.00. The summed E-state index contributed by atoms with van der Waals surface area (Å²) in [4.78, 5) is 25.2. The maximum Gasteiger partial charge on any atom is 0.365 e. The average Bonchev–Trinajstić information content (AvgIpc) is 2.10. The quantitative estimate of drug-likeness (QED) is 0.280. The second kappa shape index (κ2) is 5.84. The molecule has 0 spiro atoms. The Bertz CT molecular complexity index is 254. The van der Waals surface area contributed by atoms with Gasteiger partial charge in [0.1, 0.15) is 0 Å². The number of hydrogen-bond acceptors (Lipinski definition) is 5. The minimum Gasteiger partial charge on any atom is -0.464 e. The van der Waals surface area contributed by atoms with E-state index in [2.05, 4.69) is 14.7 Å². The van der Waals surface area contributed by atoms with Gasteiger partial charge in [0, 0.05) is 0 Å². The molecule has 0 aliphatic heterocycles. The fourth-order valence-electron chi connectivity index (χ4n) is 0.438. The first kappa shape index (κ1) is 12.3. The molecule has 0 unspecified atom stereocenters. The number of oxime groups is 1. The van der Waals surface area contributed by atoms with E-state index in [1.54, 1.807) is 0 Å². The maximum absolute atomic E-state index is 11.5. The van der Waals surface area contributed by atoms with E-state index in [4.69, 9.17) is 5.73 Å². The van der Waals surface area contributed by atoms with Crippen LogP contribution in [-0.2, 0) is 19.2 Å². The third-order valence-electron chi connectivity index (χ3n) is 0.968. The average molecular weight is 210 g/mol. The third-order valence-corrected chi connectivity index (χ3v) is 0.968. The van der Waals surface area contributed by atoms with E-state index in [0.717, 1.165) is 7.11 Å². The van der Waals surface area contributed by atoms with Crippen LogP contribution in [-0.4, -0.2) is 37.7 Å². The zero-order valence-corrected chi connectivity index (χ0v) is 7.20. The van der Waals surface area contributed by atoms with Gasteiger partial charge in [-0.3, -0.25) is 4.79 Å². The van der Waals surface area contributed by atoms with Gasteiger partial charge < -0.3 is 15.3 Å². The first-order valence-electron chi connectivity index (χ1n) is 3.35. The highest BCUT2D eigenvalue weighted by molar-refractivity contribution is 6.63. The Morgan fingerprint density at radius 2 is 2.07 bits per heavy atom. The van der Waals surface area contributed by atoms with E-state index in [-0.39, 0.29) is 0 Å². The van der Waals surface area contributed by atoms with Crippen molar-refractivity contribution in [3.63, 3.8) is 0 Å². The van der Waals surface area contributed by atoms with Gasteiger partial charge in [-0.25, -0.2) is 13.6 Å². The van der Waals surface area contributed by atoms with Gasteiger partial charge in [0.15, 0.2) is 6.61 Å². The molecular weight excluding hydrogens is 202 g/mol. The molecule has 0 aliphatic carbocycles. The van der Waals surface area contributed by atoms with Crippen LogP contribution in [0.25, 0.3) is 0 Å². The van der Waals surface area contributed by atoms with Crippen molar-refractivity contribution in [3.8, 4) is 0 Å². The number of hydrogen-bond donors (Lipinski definition) is 1. The van der Waals surface area contributed by atoms with Crippen molar-refractivity contribution in [2.75, 3.05) is 13.7 Å². The Hall–Kier alpha value is -1.73. The number of ether oxygens (including phenoxy) is 1. The number of esters is 1. The van der Waals surface area contributed by atoms with Crippen LogP contribution in [0.15, 0.2) is 5.16 Å². The molecule has 0 aliphatic rings. The van der Waals surface area contributed by atoms with Crippen LogP contribution in [0, 0.1) is 0 Å². The van der Waals surface area contributed by atoms with Crippen molar-refractivity contribution in [1.29, 1.82) is 0 Å². The Kier molecular flexibility index (Phi) is 5.12. The molecule has 14 heavy (non-hydrogen) atoms. The van der Waals surface area contributed by atoms with Gasteiger partial charge in [0.2, 0.25) is 0 Å². The zero-order valence-electron chi connectivity index (χ0n) is 7.20. The molecule has 0 fully saturated rings. The van der Waals surface area contributed by atoms with Crippen LogP contribution >= 0.6 is 0 Å². The largest absolute Gasteiger partial charge is 0.464 e. The van der Waals surface area contributed by atoms with Gasteiger partial charge >= 0.3 is 5.97 Å². The summed E-state index contributed by atoms with van der Waals surface area (Å²) in [5, 5.41) is 2.82. The highest BCUT2D eigenvalue weighted by Crippen LogP contribution is 1.94. The molecule has 0 saturated carbocycles. The predicted octanol–water partition coefficient (Wildman–Crippen LogP) is -0.718. The normalized spacial score (nSPS) is 11.3. The minimum absolute atomic E-state index is 0.867. The molecule has 2 N–H and O–H groups in total. The summed E-state index contributed by atoms with van der Waals surface area (Å²) in [6, 6.07) is 0. The fraction of sp³-hybridized carbons (Fsp3) is 0.500. The van der Waals surface area contributed by atoms with Gasteiger partial charge in [-0.05, 0) is 0 Å². The summed E-state index contributed by atoms with van der Waals surface area (Å²) in [6.45, 7) is -1.03. The topological polar surface area (TPSA) is 91.0 Å². The Balaban J connectivity index is 4.35. The van der Waals surface area contributed by atoms with Crippen LogP contribution < -0.4 is 5.73 Å². The number of halogens is 2. The van der Waals surface area contributed by atoms with E-state index in [0.29, 0.717) is 0 Å². The van der Waals surface area contributed by atoms with Crippen LogP contribution in [0.5, 0.6) is 0 Å². The lowest BCUT2D eigenvalue weighted by atomic mass is 10.4. The van der Waals surface area contributed by atoms with Crippen LogP contribution in [0.4, 0.5) is 8.78 Å². The van der Waals surface area contributed by atoms with Crippen molar-refractivity contribution in [3.05, 3.63) is 0 Å². The molecule has 0 rings (SSSR count). The predicted molar refractivity (Wildman–Crippen MR) is 40.6 cm³/mol. The molecule has 1 amide bonds. The highest BCUT2D eigenvalue weighted by atomic mass is 19.3. The molecule has 0 radical (unpaired) electrons. The number of nitrogens with two attached hydrogens (primary N) is 1. The van der Waals surface area contributed by atoms with Crippen LogP contribution in [0.1, 0.15) is 0 Å². The van der Waals surface area contributed by atoms with E-state index in [9.17, 15) is 18.4 Å². The summed E-state index contributed by atoms with van der Waals surface area (Å²) in [5.74, 6) is -2.36. The van der Waals surface area contributed by atoms with Gasteiger partial charge in [-0.1, -0.05) is 5.16 Å². The third kappa shape index (κ3) is 4.33. The van der Waals surface area contributed by atoms with Crippen molar-refractivity contribution in [2.24, 2.45) is 10.9 Å². The fourth-order valence-corrected chi connectivity index (χ4v) is 0.438. The minimum atomic E-state index is -2.76. The van der Waals surface area contributed by atoms with Crippen molar-refractivity contribution in [1.82, 2.24) is 0 Å². The summed E-state index contributed by atoms with van der Waals surface area (Å²) >= 11 is 0. The summed E-state index contributed by atoms with van der Waals surface area (Å²) in [5.41, 5.74) is 3.82. The lowest BCUT2D eigenvalue weighted by molar-refractivity contribution is -0.133. The first-order chi connectivity index (χ1) is 6.49. The summed E-state index contributed by atoms with van der Waals surface area (Å²) < 4.78 is 27.2. The van der Waals surface area contributed by atoms with Crippen LogP contribution in [0.2, 0.25) is 0 Å². The summed E-state index contributed by atoms with van der Waals surface area (Å²) in [6.07, 6.45) is -2.76. The SMILES string of the molecule is COC(=O)/C(=N\OCC(F)F)C(N)=O. The number of carbonyl (C=O) groups is 2. The van der Waals surface area contributed by atoms with Gasteiger partial charge in [0.25, 0.3) is 18.0 Å². The van der Waals surface area contributed by atoms with Crippen molar-refractivity contribution < 1.29 is 27.9 Å². The zero-order chi connectivity index (χ0) is 11.1. The van der Waals surface area contributed by atoms with Gasteiger partial charge in [0.05, 0.1) is 7.11 Å². The monoisotopic (exact) mass is 210 g/mol. The second-order valence-electron chi connectivity index (χ2n) is 1.98. The number of nitrogens with zero attached hydrogens (tertiary/aromatic N) is 1. The number of rotatable bonds is 5. The highest BCUT2D eigenvalue weighted by Gasteiger charge is 2.19. The molecule has 0 saturated heterocycles. The Labute approximate surface area is 77.6 Å². The molecule has 6 nitrogen and oxygen atoms in total. The smallest absolute Gasteiger partial charge is 0.365 e. The van der Waals surface area contributed by atoms with E-state index >= 15 is 0 Å². The molecule has 80 valence electrons. The molecule has 0 heterocycles. The molecule has 0 aromatic rings.